The predicted molar refractivity (Wildman–Crippen MR) is 80.1 cm³/mol. The highest BCUT2D eigenvalue weighted by molar-refractivity contribution is 5.80. The van der Waals surface area contributed by atoms with E-state index >= 15 is 0 Å². The first kappa shape index (κ1) is 15.5. The number of nitrogens with one attached hydrogen (secondary N) is 1. The molecule has 1 aromatic carbocycles. The third-order valence-corrected chi connectivity index (χ3v) is 3.39. The Balaban J connectivity index is 2.56. The minimum Gasteiger partial charge on any atom is -0.388 e. The maximum atomic E-state index is 11.4. The van der Waals surface area contributed by atoms with Gasteiger partial charge >= 0.3 is 0 Å². The molecule has 0 heterocycles. The van der Waals surface area contributed by atoms with Gasteiger partial charge in [0.2, 0.25) is 5.91 Å². The molecule has 0 unspecified atom stereocenters. The maximum absolute atomic E-state index is 11.4. The van der Waals surface area contributed by atoms with Gasteiger partial charge in [0, 0.05) is 19.3 Å². The van der Waals surface area contributed by atoms with Crippen molar-refractivity contribution in [2.75, 3.05) is 26.0 Å². The van der Waals surface area contributed by atoms with Crippen LogP contribution in [0.2, 0.25) is 0 Å². The van der Waals surface area contributed by atoms with Crippen LogP contribution < -0.4 is 11.1 Å². The van der Waals surface area contributed by atoms with Crippen LogP contribution in [0.25, 0.3) is 0 Å². The minimum atomic E-state index is -0.247. The number of anilines is 1. The van der Waals surface area contributed by atoms with E-state index in [0.29, 0.717) is 0 Å². The Bertz CT molecular complexity index is 400. The second kappa shape index (κ2) is 7.14. The molecule has 4 heteroatoms. The van der Waals surface area contributed by atoms with Crippen LogP contribution in [0.4, 0.5) is 5.69 Å². The summed E-state index contributed by atoms with van der Waals surface area (Å²) in [5.41, 5.74) is 7.82. The molecule has 1 aromatic rings. The molecule has 0 saturated heterocycles. The van der Waals surface area contributed by atoms with E-state index in [4.69, 9.17) is 5.73 Å². The van der Waals surface area contributed by atoms with Crippen molar-refractivity contribution in [1.82, 2.24) is 4.90 Å². The van der Waals surface area contributed by atoms with Crippen molar-refractivity contribution in [3.05, 3.63) is 29.8 Å². The fraction of sp³-hybridized carbons (Fsp3) is 0.533. The Hall–Kier alpha value is -1.55. The van der Waals surface area contributed by atoms with Gasteiger partial charge in [-0.25, -0.2) is 0 Å². The van der Waals surface area contributed by atoms with Gasteiger partial charge in [-0.2, -0.15) is 0 Å². The summed E-state index contributed by atoms with van der Waals surface area (Å²) in [6.07, 6.45) is 0.914. The smallest absolute Gasteiger partial charge is 0.235 e. The van der Waals surface area contributed by atoms with Crippen LogP contribution in [0.1, 0.15) is 19.4 Å². The van der Waals surface area contributed by atoms with Crippen LogP contribution in [0.5, 0.6) is 0 Å². The molecular weight excluding hydrogens is 238 g/mol. The molecular formula is C15H25N3O. The summed E-state index contributed by atoms with van der Waals surface area (Å²) in [6.45, 7) is 4.87. The summed E-state index contributed by atoms with van der Waals surface area (Å²) in [4.78, 5) is 13.5. The quantitative estimate of drug-likeness (QED) is 0.787. The largest absolute Gasteiger partial charge is 0.388 e. The molecule has 0 aromatic heterocycles. The number of likely N-dealkylation sites (N-methyl/N-ethyl adjacent to an activating group) is 1. The molecule has 19 heavy (non-hydrogen) atoms. The van der Waals surface area contributed by atoms with Crippen LogP contribution >= 0.6 is 0 Å². The molecule has 0 bridgehead atoms. The first-order valence-corrected chi connectivity index (χ1v) is 6.72. The van der Waals surface area contributed by atoms with Gasteiger partial charge in [-0.05, 0) is 37.1 Å². The lowest BCUT2D eigenvalue weighted by atomic mass is 10.0. The van der Waals surface area contributed by atoms with Gasteiger partial charge < -0.3 is 11.1 Å². The fourth-order valence-electron chi connectivity index (χ4n) is 2.34. The molecule has 3 N–H and O–H groups in total. The summed E-state index contributed by atoms with van der Waals surface area (Å²) in [5, 5.41) is 3.10. The topological polar surface area (TPSA) is 58.4 Å². The molecule has 1 amide bonds. The highest BCUT2D eigenvalue weighted by atomic mass is 16.1. The molecule has 0 radical (unpaired) electrons. The summed E-state index contributed by atoms with van der Waals surface area (Å²) >= 11 is 0. The molecule has 0 fully saturated rings. The normalized spacial score (nSPS) is 12.7. The van der Waals surface area contributed by atoms with Crippen molar-refractivity contribution in [2.24, 2.45) is 11.7 Å². The second-order valence-corrected chi connectivity index (χ2v) is 5.27. The Labute approximate surface area is 116 Å². The van der Waals surface area contributed by atoms with Crippen molar-refractivity contribution < 1.29 is 4.79 Å². The number of carbonyl (C=O) groups is 1. The van der Waals surface area contributed by atoms with Crippen molar-refractivity contribution in [3.8, 4) is 0 Å². The zero-order valence-corrected chi connectivity index (χ0v) is 12.3. The molecule has 4 nitrogen and oxygen atoms in total. The first-order chi connectivity index (χ1) is 8.95. The number of nitrogens with zero attached hydrogens (tertiary/aromatic N) is 1. The van der Waals surface area contributed by atoms with Crippen LogP contribution in [-0.4, -0.2) is 37.5 Å². The highest BCUT2D eigenvalue weighted by Gasteiger charge is 2.23. The number of carbonyl (C=O) groups excluding carboxylic acids is 1. The van der Waals surface area contributed by atoms with Gasteiger partial charge in [-0.15, -0.1) is 0 Å². The molecule has 106 valence electrons. The average Bonchev–Trinajstić information content (AvgIpc) is 2.36. The zero-order chi connectivity index (χ0) is 14.4. The minimum absolute atomic E-state index is 0.198. The molecule has 0 aliphatic carbocycles. The van der Waals surface area contributed by atoms with Crippen LogP contribution in [0.3, 0.4) is 0 Å². The standard InChI is InChI=1S/C15H25N3O/c1-11(2)14(15(16)19)18(4)10-9-12-5-7-13(17-3)8-6-12/h5-8,11,14,17H,9-10H2,1-4H3,(H2,16,19)/t14-/m0/s1. The van der Waals surface area contributed by atoms with E-state index in [1.54, 1.807) is 0 Å². The zero-order valence-electron chi connectivity index (χ0n) is 12.3. The van der Waals surface area contributed by atoms with E-state index in [-0.39, 0.29) is 17.9 Å². The van der Waals surface area contributed by atoms with E-state index in [9.17, 15) is 4.79 Å². The van der Waals surface area contributed by atoms with E-state index in [1.807, 2.05) is 32.8 Å². The van der Waals surface area contributed by atoms with Crippen molar-refractivity contribution in [1.29, 1.82) is 0 Å². The van der Waals surface area contributed by atoms with Crippen molar-refractivity contribution in [3.63, 3.8) is 0 Å². The Morgan fingerprint density at radius 1 is 1.32 bits per heavy atom. The highest BCUT2D eigenvalue weighted by Crippen LogP contribution is 2.12. The number of rotatable bonds is 7. The molecule has 1 atom stereocenters. The van der Waals surface area contributed by atoms with Crippen LogP contribution in [0.15, 0.2) is 24.3 Å². The van der Waals surface area contributed by atoms with Gasteiger partial charge in [0.05, 0.1) is 6.04 Å². The average molecular weight is 263 g/mol. The van der Waals surface area contributed by atoms with E-state index in [0.717, 1.165) is 18.7 Å². The number of nitrogens with two attached hydrogens (primary N) is 1. The maximum Gasteiger partial charge on any atom is 0.235 e. The Morgan fingerprint density at radius 2 is 1.89 bits per heavy atom. The Morgan fingerprint density at radius 3 is 2.32 bits per heavy atom. The second-order valence-electron chi connectivity index (χ2n) is 5.27. The van der Waals surface area contributed by atoms with Crippen molar-refractivity contribution in [2.45, 2.75) is 26.3 Å². The summed E-state index contributed by atoms with van der Waals surface area (Å²) < 4.78 is 0. The monoisotopic (exact) mass is 263 g/mol. The van der Waals surface area contributed by atoms with Gasteiger partial charge in [0.1, 0.15) is 0 Å². The lowest BCUT2D eigenvalue weighted by Crippen LogP contribution is -2.46. The van der Waals surface area contributed by atoms with Crippen LogP contribution in [-0.2, 0) is 11.2 Å². The molecule has 0 aliphatic rings. The summed E-state index contributed by atoms with van der Waals surface area (Å²) in [7, 11) is 3.86. The molecule has 1 rings (SSSR count). The Kier molecular flexibility index (Phi) is 5.83. The predicted octanol–water partition coefficient (Wildman–Crippen LogP) is 1.71. The van der Waals surface area contributed by atoms with Crippen LogP contribution in [0, 0.1) is 5.92 Å². The lowest BCUT2D eigenvalue weighted by Gasteiger charge is -2.28. The van der Waals surface area contributed by atoms with E-state index < -0.39 is 0 Å². The number of amides is 1. The third-order valence-electron chi connectivity index (χ3n) is 3.39. The number of hydrogen-bond donors (Lipinski definition) is 2. The van der Waals surface area contributed by atoms with E-state index in [1.165, 1.54) is 5.56 Å². The third kappa shape index (κ3) is 4.56. The first-order valence-electron chi connectivity index (χ1n) is 6.72. The van der Waals surface area contributed by atoms with Crippen molar-refractivity contribution >= 4 is 11.6 Å². The van der Waals surface area contributed by atoms with Gasteiger partial charge in [0.25, 0.3) is 0 Å². The lowest BCUT2D eigenvalue weighted by molar-refractivity contribution is -0.124. The summed E-state index contributed by atoms with van der Waals surface area (Å²) in [5.74, 6) is -0.0165. The number of benzene rings is 1. The fourth-order valence-corrected chi connectivity index (χ4v) is 2.34. The van der Waals surface area contributed by atoms with Gasteiger partial charge in [-0.3, -0.25) is 9.69 Å². The van der Waals surface area contributed by atoms with Gasteiger partial charge in [-0.1, -0.05) is 26.0 Å². The van der Waals surface area contributed by atoms with E-state index in [2.05, 4.69) is 29.6 Å². The molecule has 0 spiro atoms. The SMILES string of the molecule is CNc1ccc(CCN(C)[C@H](C(N)=O)C(C)C)cc1. The van der Waals surface area contributed by atoms with Gasteiger partial charge in [0.15, 0.2) is 0 Å². The number of hydrogen-bond acceptors (Lipinski definition) is 3. The molecule has 0 saturated carbocycles. The summed E-state index contributed by atoms with van der Waals surface area (Å²) in [6, 6.07) is 8.13. The number of primary amides is 1. The molecule has 0 aliphatic heterocycles.